The second kappa shape index (κ2) is 6.03. The molecule has 3 heterocycles. The van der Waals surface area contributed by atoms with Gasteiger partial charge in [-0.1, -0.05) is 13.5 Å². The third-order valence-corrected chi connectivity index (χ3v) is 5.12. The highest BCUT2D eigenvalue weighted by molar-refractivity contribution is 5.87. The van der Waals surface area contributed by atoms with Gasteiger partial charge < -0.3 is 14.2 Å². The van der Waals surface area contributed by atoms with Crippen LogP contribution in [0.2, 0.25) is 0 Å². The third-order valence-electron chi connectivity index (χ3n) is 5.12. The zero-order valence-electron chi connectivity index (χ0n) is 13.2. The number of esters is 2. The highest BCUT2D eigenvalue weighted by Crippen LogP contribution is 2.44. The van der Waals surface area contributed by atoms with Crippen molar-refractivity contribution in [1.29, 1.82) is 0 Å². The molecule has 2 bridgehead atoms. The lowest BCUT2D eigenvalue weighted by Gasteiger charge is -2.26. The lowest BCUT2D eigenvalue weighted by molar-refractivity contribution is -0.147. The summed E-state index contributed by atoms with van der Waals surface area (Å²) in [6.45, 7) is 7.27. The standard InChI is InChI=1S/C17H24O5/c1-4-10-5-12(20-17(10)19)6-11-7-14-15(8-13(11)21-14)22-16(18)9(2)3/h10-15H,2,4-8H2,1,3H3. The van der Waals surface area contributed by atoms with Gasteiger partial charge in [0, 0.05) is 12.0 Å². The Morgan fingerprint density at radius 3 is 2.64 bits per heavy atom. The molecule has 6 unspecified atom stereocenters. The van der Waals surface area contributed by atoms with Crippen molar-refractivity contribution in [2.24, 2.45) is 11.8 Å². The van der Waals surface area contributed by atoms with E-state index in [4.69, 9.17) is 14.2 Å². The van der Waals surface area contributed by atoms with Crippen LogP contribution in [0, 0.1) is 11.8 Å². The Bertz CT molecular complexity index is 485. The van der Waals surface area contributed by atoms with Crippen LogP contribution < -0.4 is 0 Å². The Labute approximate surface area is 131 Å². The fraction of sp³-hybridized carbons (Fsp3) is 0.765. The SMILES string of the molecule is C=C(C)C(=O)OC1CC2OC1CC2CC1CC(CC)C(=O)O1. The minimum absolute atomic E-state index is 0.0163. The second-order valence-corrected chi connectivity index (χ2v) is 6.80. The Balaban J connectivity index is 1.49. The zero-order chi connectivity index (χ0) is 15.9. The van der Waals surface area contributed by atoms with Crippen LogP contribution in [-0.4, -0.2) is 36.4 Å². The molecule has 122 valence electrons. The summed E-state index contributed by atoms with van der Waals surface area (Å²) in [5, 5.41) is 0. The molecule has 0 spiro atoms. The first kappa shape index (κ1) is 15.5. The topological polar surface area (TPSA) is 61.8 Å². The maximum Gasteiger partial charge on any atom is 0.333 e. The summed E-state index contributed by atoms with van der Waals surface area (Å²) < 4.78 is 16.8. The Hall–Kier alpha value is -1.36. The predicted molar refractivity (Wildman–Crippen MR) is 79.0 cm³/mol. The van der Waals surface area contributed by atoms with Gasteiger partial charge in [-0.2, -0.15) is 0 Å². The molecule has 3 saturated heterocycles. The molecule has 0 N–H and O–H groups in total. The van der Waals surface area contributed by atoms with Gasteiger partial charge in [-0.05, 0) is 38.5 Å². The van der Waals surface area contributed by atoms with Crippen molar-refractivity contribution in [3.05, 3.63) is 12.2 Å². The molecule has 5 heteroatoms. The van der Waals surface area contributed by atoms with Gasteiger partial charge in [0.05, 0.1) is 18.1 Å². The van der Waals surface area contributed by atoms with Crippen LogP contribution in [-0.2, 0) is 23.8 Å². The number of hydrogen-bond donors (Lipinski definition) is 0. The van der Waals surface area contributed by atoms with Crippen LogP contribution in [0.4, 0.5) is 0 Å². The van der Waals surface area contributed by atoms with Crippen LogP contribution in [0.25, 0.3) is 0 Å². The molecular weight excluding hydrogens is 284 g/mol. The molecular formula is C17H24O5. The van der Waals surface area contributed by atoms with Crippen molar-refractivity contribution in [1.82, 2.24) is 0 Å². The third kappa shape index (κ3) is 2.91. The first-order valence-electron chi connectivity index (χ1n) is 8.20. The van der Waals surface area contributed by atoms with Crippen molar-refractivity contribution in [2.45, 2.75) is 70.4 Å². The number of hydrogen-bond acceptors (Lipinski definition) is 5. The fourth-order valence-corrected chi connectivity index (χ4v) is 3.86. The molecule has 0 saturated carbocycles. The number of carbonyl (C=O) groups is 2. The van der Waals surface area contributed by atoms with E-state index in [0.717, 1.165) is 32.1 Å². The van der Waals surface area contributed by atoms with Gasteiger partial charge in [0.15, 0.2) is 0 Å². The number of carbonyl (C=O) groups excluding carboxylic acids is 2. The summed E-state index contributed by atoms with van der Waals surface area (Å²) in [6, 6.07) is 0. The van der Waals surface area contributed by atoms with E-state index in [0.29, 0.717) is 11.5 Å². The molecule has 0 amide bonds. The lowest BCUT2D eigenvalue weighted by atomic mass is 9.83. The molecule has 0 aromatic heterocycles. The van der Waals surface area contributed by atoms with E-state index in [1.165, 1.54) is 0 Å². The maximum atomic E-state index is 11.7. The number of ether oxygens (including phenoxy) is 3. The van der Waals surface area contributed by atoms with Crippen LogP contribution >= 0.6 is 0 Å². The van der Waals surface area contributed by atoms with Crippen LogP contribution in [0.3, 0.4) is 0 Å². The Morgan fingerprint density at radius 2 is 2.09 bits per heavy atom. The monoisotopic (exact) mass is 308 g/mol. The van der Waals surface area contributed by atoms with Gasteiger partial charge in [-0.25, -0.2) is 4.79 Å². The molecule has 5 nitrogen and oxygen atoms in total. The largest absolute Gasteiger partial charge is 0.462 e. The fourth-order valence-electron chi connectivity index (χ4n) is 3.86. The predicted octanol–water partition coefficient (Wildman–Crippen LogP) is 2.38. The van der Waals surface area contributed by atoms with Gasteiger partial charge in [0.1, 0.15) is 12.2 Å². The van der Waals surface area contributed by atoms with Gasteiger partial charge in [-0.15, -0.1) is 0 Å². The van der Waals surface area contributed by atoms with Crippen LogP contribution in [0.5, 0.6) is 0 Å². The Kier molecular flexibility index (Phi) is 4.26. The van der Waals surface area contributed by atoms with E-state index < -0.39 is 0 Å². The normalized spacial score (nSPS) is 39.8. The molecule has 6 atom stereocenters. The van der Waals surface area contributed by atoms with Crippen LogP contribution in [0.15, 0.2) is 12.2 Å². The first-order chi connectivity index (χ1) is 10.5. The first-order valence-corrected chi connectivity index (χ1v) is 8.20. The van der Waals surface area contributed by atoms with Gasteiger partial charge in [0.25, 0.3) is 0 Å². The molecule has 0 aliphatic carbocycles. The van der Waals surface area contributed by atoms with Crippen LogP contribution in [0.1, 0.15) is 46.0 Å². The Morgan fingerprint density at radius 1 is 1.32 bits per heavy atom. The highest BCUT2D eigenvalue weighted by Gasteiger charge is 2.50. The van der Waals surface area contributed by atoms with E-state index in [2.05, 4.69) is 6.58 Å². The zero-order valence-corrected chi connectivity index (χ0v) is 13.2. The molecule has 0 aromatic rings. The summed E-state index contributed by atoms with van der Waals surface area (Å²) in [7, 11) is 0. The van der Waals surface area contributed by atoms with Gasteiger partial charge in [0.2, 0.25) is 0 Å². The van der Waals surface area contributed by atoms with E-state index >= 15 is 0 Å². The van der Waals surface area contributed by atoms with E-state index in [9.17, 15) is 9.59 Å². The van der Waals surface area contributed by atoms with E-state index in [1.807, 2.05) is 6.92 Å². The molecule has 3 fully saturated rings. The smallest absolute Gasteiger partial charge is 0.333 e. The minimum atomic E-state index is -0.340. The van der Waals surface area contributed by atoms with Crippen molar-refractivity contribution < 1.29 is 23.8 Å². The summed E-state index contributed by atoms with van der Waals surface area (Å²) in [6.07, 6.45) is 4.14. The molecule has 0 radical (unpaired) electrons. The number of cyclic esters (lactones) is 1. The van der Waals surface area contributed by atoms with E-state index in [-0.39, 0.29) is 42.3 Å². The van der Waals surface area contributed by atoms with E-state index in [1.54, 1.807) is 6.92 Å². The highest BCUT2D eigenvalue weighted by atomic mass is 16.6. The van der Waals surface area contributed by atoms with Crippen molar-refractivity contribution in [2.75, 3.05) is 0 Å². The van der Waals surface area contributed by atoms with Crippen molar-refractivity contribution in [3.8, 4) is 0 Å². The van der Waals surface area contributed by atoms with Crippen molar-refractivity contribution >= 4 is 11.9 Å². The van der Waals surface area contributed by atoms with Crippen molar-refractivity contribution in [3.63, 3.8) is 0 Å². The molecule has 22 heavy (non-hydrogen) atoms. The average molecular weight is 308 g/mol. The summed E-state index contributed by atoms with van der Waals surface area (Å²) in [4.78, 5) is 23.3. The lowest BCUT2D eigenvalue weighted by Crippen LogP contribution is -2.33. The number of fused-ring (bicyclic) bond motifs is 2. The second-order valence-electron chi connectivity index (χ2n) is 6.80. The van der Waals surface area contributed by atoms with Gasteiger partial charge in [-0.3, -0.25) is 4.79 Å². The maximum absolute atomic E-state index is 11.7. The average Bonchev–Trinajstić information content (AvgIpc) is 3.13. The van der Waals surface area contributed by atoms with Gasteiger partial charge >= 0.3 is 11.9 Å². The quantitative estimate of drug-likeness (QED) is 0.576. The molecule has 3 aliphatic heterocycles. The molecule has 3 rings (SSSR count). The molecule has 3 aliphatic rings. The number of rotatable bonds is 5. The molecule has 0 aromatic carbocycles. The summed E-state index contributed by atoms with van der Waals surface area (Å²) in [5.41, 5.74) is 0.419. The summed E-state index contributed by atoms with van der Waals surface area (Å²) in [5.74, 6) is 0.0741. The minimum Gasteiger partial charge on any atom is -0.462 e. The summed E-state index contributed by atoms with van der Waals surface area (Å²) >= 11 is 0.